The minimum Gasteiger partial charge on any atom is -0.612 e. The van der Waals surface area contributed by atoms with E-state index in [0.29, 0.717) is 45.1 Å². The summed E-state index contributed by atoms with van der Waals surface area (Å²) in [7, 11) is 0. The van der Waals surface area contributed by atoms with E-state index < -0.39 is 23.0 Å². The molecule has 2 aromatic carbocycles. The average molecular weight is 563 g/mol. The molecule has 11 heteroatoms. The molecule has 5 N–H and O–H groups in total. The van der Waals surface area contributed by atoms with Gasteiger partial charge < -0.3 is 26.2 Å². The van der Waals surface area contributed by atoms with Crippen LogP contribution in [0.1, 0.15) is 46.4 Å². The maximum atomic E-state index is 13.3. The van der Waals surface area contributed by atoms with Crippen molar-refractivity contribution in [2.75, 3.05) is 35.3 Å². The molecule has 0 saturated carbocycles. The SMILES string of the molecule is C[S+]([O-])c1ccc(C(=O)Nc2ccc(Cl)cc2C(=O)Nc2ccc(Cl)cn2)c(NCCCCCCN)c1. The van der Waals surface area contributed by atoms with Gasteiger partial charge in [-0.05, 0) is 73.0 Å². The van der Waals surface area contributed by atoms with E-state index in [2.05, 4.69) is 20.9 Å². The quantitative estimate of drug-likeness (QED) is 0.169. The first-order chi connectivity index (χ1) is 17.8. The summed E-state index contributed by atoms with van der Waals surface area (Å²) >= 11 is 10.8. The number of rotatable bonds is 12. The van der Waals surface area contributed by atoms with E-state index in [4.69, 9.17) is 28.9 Å². The molecule has 0 radical (unpaired) electrons. The van der Waals surface area contributed by atoms with Crippen molar-refractivity contribution in [3.05, 3.63) is 75.9 Å². The number of pyridine rings is 1. The molecule has 0 aliphatic carbocycles. The number of halogens is 2. The van der Waals surface area contributed by atoms with Crippen LogP contribution in [-0.2, 0) is 11.2 Å². The van der Waals surface area contributed by atoms with Gasteiger partial charge in [0, 0.05) is 23.8 Å². The van der Waals surface area contributed by atoms with Crippen molar-refractivity contribution in [2.45, 2.75) is 30.6 Å². The molecule has 0 spiro atoms. The summed E-state index contributed by atoms with van der Waals surface area (Å²) in [5.74, 6) is -0.631. The maximum Gasteiger partial charge on any atom is 0.258 e. The van der Waals surface area contributed by atoms with Crippen LogP contribution < -0.4 is 21.7 Å². The van der Waals surface area contributed by atoms with Crippen molar-refractivity contribution in [3.8, 4) is 0 Å². The molecule has 1 aromatic heterocycles. The van der Waals surface area contributed by atoms with Gasteiger partial charge in [-0.25, -0.2) is 4.98 Å². The number of hydrogen-bond acceptors (Lipinski definition) is 6. The molecule has 3 rings (SSSR count). The first-order valence-electron chi connectivity index (χ1n) is 11.7. The van der Waals surface area contributed by atoms with Crippen molar-refractivity contribution in [3.63, 3.8) is 0 Å². The van der Waals surface area contributed by atoms with Crippen LogP contribution >= 0.6 is 23.2 Å². The summed E-state index contributed by atoms with van der Waals surface area (Å²) in [6, 6.07) is 12.8. The second-order valence-electron chi connectivity index (χ2n) is 8.25. The highest BCUT2D eigenvalue weighted by atomic mass is 35.5. The lowest BCUT2D eigenvalue weighted by molar-refractivity contribution is 0.102. The summed E-state index contributed by atoms with van der Waals surface area (Å²) in [4.78, 5) is 31.0. The minimum absolute atomic E-state index is 0.165. The van der Waals surface area contributed by atoms with Gasteiger partial charge in [-0.15, -0.1) is 0 Å². The Kier molecular flexibility index (Phi) is 11.0. The molecule has 0 aliphatic rings. The standard InChI is InChI=1S/C26H29Cl2N5O3S/c1-37(36)19-8-9-20(23(15-19)30-13-5-3-2-4-12-29)25(34)32-22-10-6-17(27)14-21(22)26(35)33-24-11-7-18(28)16-31-24/h6-11,14-16,30H,2-5,12-13,29H2,1H3,(H,32,34)(H,31,33,35). The number of amides is 2. The Morgan fingerprint density at radius 1 is 0.892 bits per heavy atom. The van der Waals surface area contributed by atoms with Crippen molar-refractivity contribution in [1.82, 2.24) is 4.98 Å². The summed E-state index contributed by atoms with van der Waals surface area (Å²) in [6.07, 6.45) is 6.93. The Morgan fingerprint density at radius 3 is 2.32 bits per heavy atom. The van der Waals surface area contributed by atoms with E-state index in [1.807, 2.05) is 0 Å². The van der Waals surface area contributed by atoms with Gasteiger partial charge >= 0.3 is 0 Å². The third-order valence-electron chi connectivity index (χ3n) is 5.46. The van der Waals surface area contributed by atoms with E-state index >= 15 is 0 Å². The zero-order valence-corrected chi connectivity index (χ0v) is 22.7. The topological polar surface area (TPSA) is 132 Å². The number of nitrogens with two attached hydrogens (primary N) is 1. The number of benzene rings is 2. The van der Waals surface area contributed by atoms with Crippen LogP contribution in [0.25, 0.3) is 0 Å². The average Bonchev–Trinajstić information content (AvgIpc) is 2.88. The number of anilines is 3. The van der Waals surface area contributed by atoms with Crippen LogP contribution in [0.4, 0.5) is 17.2 Å². The van der Waals surface area contributed by atoms with E-state index in [9.17, 15) is 14.1 Å². The smallest absolute Gasteiger partial charge is 0.258 e. The summed E-state index contributed by atoms with van der Waals surface area (Å²) in [5.41, 5.74) is 6.91. The Labute approximate surface area is 229 Å². The fourth-order valence-electron chi connectivity index (χ4n) is 3.53. The van der Waals surface area contributed by atoms with Crippen LogP contribution in [0.2, 0.25) is 10.0 Å². The van der Waals surface area contributed by atoms with Crippen molar-refractivity contribution < 1.29 is 14.1 Å². The number of carbonyl (C=O) groups excluding carboxylic acids is 2. The number of carbonyl (C=O) groups is 2. The van der Waals surface area contributed by atoms with Gasteiger partial charge in [0.2, 0.25) is 0 Å². The Morgan fingerprint density at radius 2 is 1.62 bits per heavy atom. The van der Waals surface area contributed by atoms with Gasteiger partial charge in [-0.1, -0.05) is 36.0 Å². The number of unbranched alkanes of at least 4 members (excludes halogenated alkanes) is 3. The van der Waals surface area contributed by atoms with Crippen LogP contribution in [0, 0.1) is 0 Å². The third kappa shape index (κ3) is 8.62. The molecule has 8 nitrogen and oxygen atoms in total. The molecular weight excluding hydrogens is 533 g/mol. The van der Waals surface area contributed by atoms with Crippen LogP contribution in [0.15, 0.2) is 59.6 Å². The van der Waals surface area contributed by atoms with Crippen molar-refractivity contribution in [1.29, 1.82) is 0 Å². The Bertz CT molecular complexity index is 1230. The molecule has 3 aromatic rings. The molecule has 0 saturated heterocycles. The van der Waals surface area contributed by atoms with Crippen molar-refractivity contribution >= 4 is 63.4 Å². The first kappa shape index (κ1) is 28.7. The van der Waals surface area contributed by atoms with E-state index in [1.54, 1.807) is 48.7 Å². The second-order valence-corrected chi connectivity index (χ2v) is 10.5. The molecule has 37 heavy (non-hydrogen) atoms. The number of hydrogen-bond donors (Lipinski definition) is 4. The minimum atomic E-state index is -1.21. The zero-order chi connectivity index (χ0) is 26.8. The molecular formula is C26H29Cl2N5O3S. The predicted octanol–water partition coefficient (Wildman–Crippen LogP) is 5.56. The van der Waals surface area contributed by atoms with Gasteiger partial charge in [-0.3, -0.25) is 9.59 Å². The van der Waals surface area contributed by atoms with E-state index in [-0.39, 0.29) is 11.3 Å². The van der Waals surface area contributed by atoms with Gasteiger partial charge in [0.05, 0.1) is 27.5 Å². The van der Waals surface area contributed by atoms with Gasteiger partial charge in [0.1, 0.15) is 12.1 Å². The maximum absolute atomic E-state index is 13.3. The molecule has 1 atom stereocenters. The Hall–Kier alpha value is -2.82. The zero-order valence-electron chi connectivity index (χ0n) is 20.4. The van der Waals surface area contributed by atoms with Gasteiger partial charge in [-0.2, -0.15) is 0 Å². The van der Waals surface area contributed by atoms with Gasteiger partial charge in [0.25, 0.3) is 11.8 Å². The molecule has 1 unspecified atom stereocenters. The third-order valence-corrected chi connectivity index (χ3v) is 6.83. The highest BCUT2D eigenvalue weighted by molar-refractivity contribution is 7.90. The fourth-order valence-corrected chi connectivity index (χ4v) is 4.36. The molecule has 0 fully saturated rings. The van der Waals surface area contributed by atoms with Crippen LogP contribution in [-0.4, -0.2) is 40.7 Å². The summed E-state index contributed by atoms with van der Waals surface area (Å²) in [5, 5.41) is 9.54. The highest BCUT2D eigenvalue weighted by Crippen LogP contribution is 2.26. The predicted molar refractivity (Wildman–Crippen MR) is 151 cm³/mol. The normalized spacial score (nSPS) is 11.6. The molecule has 2 amide bonds. The van der Waals surface area contributed by atoms with Crippen LogP contribution in [0.5, 0.6) is 0 Å². The molecule has 0 bridgehead atoms. The first-order valence-corrected chi connectivity index (χ1v) is 14.0. The van der Waals surface area contributed by atoms with Crippen molar-refractivity contribution in [2.24, 2.45) is 5.73 Å². The monoisotopic (exact) mass is 561 g/mol. The highest BCUT2D eigenvalue weighted by Gasteiger charge is 2.19. The van der Waals surface area contributed by atoms with E-state index in [1.165, 1.54) is 12.3 Å². The molecule has 196 valence electrons. The lowest BCUT2D eigenvalue weighted by Gasteiger charge is -2.16. The largest absolute Gasteiger partial charge is 0.612 e. The number of nitrogens with zero attached hydrogens (tertiary/aromatic N) is 1. The fraction of sp³-hybridized carbons (Fsp3) is 0.269. The van der Waals surface area contributed by atoms with E-state index in [0.717, 1.165) is 25.7 Å². The number of aromatic nitrogens is 1. The molecule has 0 aliphatic heterocycles. The lowest BCUT2D eigenvalue weighted by Crippen LogP contribution is -2.20. The Balaban J connectivity index is 1.80. The van der Waals surface area contributed by atoms with Gasteiger partial charge in [0.15, 0.2) is 4.90 Å². The molecule has 1 heterocycles. The summed E-state index contributed by atoms with van der Waals surface area (Å²) in [6.45, 7) is 1.32. The van der Waals surface area contributed by atoms with Crippen LogP contribution in [0.3, 0.4) is 0 Å². The summed E-state index contributed by atoms with van der Waals surface area (Å²) < 4.78 is 12.0. The second kappa shape index (κ2) is 14.2. The number of nitrogens with one attached hydrogen (secondary N) is 3. The lowest BCUT2D eigenvalue weighted by atomic mass is 10.1.